The highest BCUT2D eigenvalue weighted by Crippen LogP contribution is 2.24. The van der Waals surface area contributed by atoms with Crippen LogP contribution in [0.25, 0.3) is 0 Å². The molecule has 0 fully saturated rings. The van der Waals surface area contributed by atoms with Gasteiger partial charge in [0.1, 0.15) is 0 Å². The fourth-order valence-corrected chi connectivity index (χ4v) is 3.68. The fraction of sp³-hybridized carbons (Fsp3) is 0.480. The molecule has 2 nitrogen and oxygen atoms in total. The van der Waals surface area contributed by atoms with E-state index in [1.54, 1.807) is 11.8 Å². The molecule has 0 N–H and O–H groups in total. The Morgan fingerprint density at radius 3 is 2.21 bits per heavy atom. The predicted molar refractivity (Wildman–Crippen MR) is 123 cm³/mol. The Labute approximate surface area is 176 Å². The van der Waals surface area contributed by atoms with Crippen LogP contribution in [0.5, 0.6) is 0 Å². The SMILES string of the molecule is CC(C)=CCC/C(C)=C/CC/C(C)=C/CSc1ccccc1C(=O)OC(C)C. The van der Waals surface area contributed by atoms with Gasteiger partial charge in [-0.2, -0.15) is 0 Å². The third kappa shape index (κ3) is 10.6. The molecule has 0 atom stereocenters. The third-order valence-corrected chi connectivity index (χ3v) is 5.24. The second-order valence-electron chi connectivity index (χ2n) is 7.72. The van der Waals surface area contributed by atoms with E-state index in [1.165, 1.54) is 16.7 Å². The minimum atomic E-state index is -0.243. The van der Waals surface area contributed by atoms with Crippen LogP contribution in [-0.2, 0) is 4.74 Å². The summed E-state index contributed by atoms with van der Waals surface area (Å²) in [5.74, 6) is 0.619. The number of benzene rings is 1. The maximum Gasteiger partial charge on any atom is 0.339 e. The zero-order valence-corrected chi connectivity index (χ0v) is 19.2. The molecule has 0 aromatic heterocycles. The van der Waals surface area contributed by atoms with Gasteiger partial charge in [-0.05, 0) is 79.4 Å². The van der Waals surface area contributed by atoms with Gasteiger partial charge in [0.25, 0.3) is 0 Å². The first-order valence-corrected chi connectivity index (χ1v) is 11.2. The number of esters is 1. The summed E-state index contributed by atoms with van der Waals surface area (Å²) in [7, 11) is 0. The van der Waals surface area contributed by atoms with Gasteiger partial charge >= 0.3 is 5.97 Å². The van der Waals surface area contributed by atoms with Gasteiger partial charge in [0.15, 0.2) is 0 Å². The molecule has 1 aromatic carbocycles. The first kappa shape index (κ1) is 24.3. The predicted octanol–water partition coefficient (Wildman–Crippen LogP) is 7.76. The minimum Gasteiger partial charge on any atom is -0.459 e. The van der Waals surface area contributed by atoms with Crippen LogP contribution in [0.3, 0.4) is 0 Å². The zero-order chi connectivity index (χ0) is 20.9. The number of allylic oxidation sites excluding steroid dienone is 5. The first-order chi connectivity index (χ1) is 13.3. The van der Waals surface area contributed by atoms with Crippen molar-refractivity contribution in [2.24, 2.45) is 0 Å². The Morgan fingerprint density at radius 1 is 0.964 bits per heavy atom. The lowest BCUT2D eigenvalue weighted by Gasteiger charge is -2.11. The van der Waals surface area contributed by atoms with Crippen LogP contribution in [0.1, 0.15) is 77.6 Å². The molecule has 1 rings (SSSR count). The topological polar surface area (TPSA) is 26.3 Å². The highest BCUT2D eigenvalue weighted by atomic mass is 32.2. The number of hydrogen-bond donors (Lipinski definition) is 0. The summed E-state index contributed by atoms with van der Waals surface area (Å²) < 4.78 is 5.34. The molecule has 3 heteroatoms. The summed E-state index contributed by atoms with van der Waals surface area (Å²) in [4.78, 5) is 13.2. The van der Waals surface area contributed by atoms with Crippen LogP contribution in [0, 0.1) is 0 Å². The molecule has 0 aliphatic heterocycles. The molecule has 0 bridgehead atoms. The highest BCUT2D eigenvalue weighted by molar-refractivity contribution is 7.99. The molecule has 0 aliphatic rings. The fourth-order valence-electron chi connectivity index (χ4n) is 2.65. The molecule has 0 amide bonds. The van der Waals surface area contributed by atoms with Gasteiger partial charge in [0, 0.05) is 10.6 Å². The minimum absolute atomic E-state index is 0.105. The molecule has 0 heterocycles. The Kier molecular flexibility index (Phi) is 11.7. The number of rotatable bonds is 11. The lowest BCUT2D eigenvalue weighted by Crippen LogP contribution is -2.12. The molecular formula is C25H36O2S. The van der Waals surface area contributed by atoms with E-state index in [4.69, 9.17) is 4.74 Å². The van der Waals surface area contributed by atoms with Crippen LogP contribution in [0.2, 0.25) is 0 Å². The largest absolute Gasteiger partial charge is 0.459 e. The van der Waals surface area contributed by atoms with Gasteiger partial charge in [0.05, 0.1) is 11.7 Å². The Balaban J connectivity index is 2.48. The van der Waals surface area contributed by atoms with Gasteiger partial charge in [-0.25, -0.2) is 4.79 Å². The maximum atomic E-state index is 12.2. The van der Waals surface area contributed by atoms with Crippen molar-refractivity contribution in [1.29, 1.82) is 0 Å². The van der Waals surface area contributed by atoms with Crippen molar-refractivity contribution < 1.29 is 9.53 Å². The van der Waals surface area contributed by atoms with Gasteiger partial charge in [0.2, 0.25) is 0 Å². The second kappa shape index (κ2) is 13.4. The van der Waals surface area contributed by atoms with Crippen molar-refractivity contribution in [3.05, 3.63) is 64.8 Å². The standard InChI is InChI=1S/C25H36O2S/c1-19(2)11-9-12-21(5)13-10-14-22(6)17-18-28-24-16-8-7-15-23(24)25(26)27-20(3)4/h7-8,11,13,15-17,20H,9-10,12,14,18H2,1-6H3/b21-13+,22-17+. The molecular weight excluding hydrogens is 364 g/mol. The van der Waals surface area contributed by atoms with Crippen molar-refractivity contribution >= 4 is 17.7 Å². The molecule has 0 saturated heterocycles. The maximum absolute atomic E-state index is 12.2. The van der Waals surface area contributed by atoms with Crippen molar-refractivity contribution in [3.8, 4) is 0 Å². The van der Waals surface area contributed by atoms with Crippen molar-refractivity contribution in [3.63, 3.8) is 0 Å². The Hall–Kier alpha value is -1.74. The smallest absolute Gasteiger partial charge is 0.339 e. The first-order valence-electron chi connectivity index (χ1n) is 10.2. The van der Waals surface area contributed by atoms with Crippen LogP contribution in [-0.4, -0.2) is 17.8 Å². The number of thioether (sulfide) groups is 1. The Morgan fingerprint density at radius 2 is 1.57 bits per heavy atom. The van der Waals surface area contributed by atoms with Gasteiger partial charge in [-0.1, -0.05) is 47.1 Å². The quantitative estimate of drug-likeness (QED) is 0.216. The third-order valence-electron chi connectivity index (χ3n) is 4.24. The summed E-state index contributed by atoms with van der Waals surface area (Å²) in [6.45, 7) is 12.5. The van der Waals surface area contributed by atoms with E-state index >= 15 is 0 Å². The molecule has 1 aromatic rings. The van der Waals surface area contributed by atoms with Gasteiger partial charge in [-0.3, -0.25) is 0 Å². The summed E-state index contributed by atoms with van der Waals surface area (Å²) in [6, 6.07) is 7.68. The van der Waals surface area contributed by atoms with E-state index in [0.29, 0.717) is 5.56 Å². The molecule has 0 unspecified atom stereocenters. The summed E-state index contributed by atoms with van der Waals surface area (Å²) in [6.07, 6.45) is 11.3. The van der Waals surface area contributed by atoms with Gasteiger partial charge < -0.3 is 4.74 Å². The number of ether oxygens (including phenoxy) is 1. The highest BCUT2D eigenvalue weighted by Gasteiger charge is 2.13. The number of carbonyl (C=O) groups excluding carboxylic acids is 1. The van der Waals surface area contributed by atoms with Crippen LogP contribution < -0.4 is 0 Å². The van der Waals surface area contributed by atoms with E-state index in [0.717, 1.165) is 36.3 Å². The molecule has 154 valence electrons. The van der Waals surface area contributed by atoms with Crippen LogP contribution >= 0.6 is 11.8 Å². The van der Waals surface area contributed by atoms with E-state index < -0.39 is 0 Å². The van der Waals surface area contributed by atoms with Crippen LogP contribution in [0.15, 0.2) is 64.1 Å². The summed E-state index contributed by atoms with van der Waals surface area (Å²) in [5.41, 5.74) is 4.91. The molecule has 0 saturated carbocycles. The molecule has 0 radical (unpaired) electrons. The second-order valence-corrected chi connectivity index (χ2v) is 8.78. The van der Waals surface area contributed by atoms with E-state index in [2.05, 4.69) is 45.9 Å². The van der Waals surface area contributed by atoms with Crippen LogP contribution in [0.4, 0.5) is 0 Å². The van der Waals surface area contributed by atoms with E-state index in [-0.39, 0.29) is 12.1 Å². The average molecular weight is 401 g/mol. The zero-order valence-electron chi connectivity index (χ0n) is 18.4. The molecule has 0 spiro atoms. The lowest BCUT2D eigenvalue weighted by molar-refractivity contribution is 0.0374. The van der Waals surface area contributed by atoms with Crippen molar-refractivity contribution in [2.75, 3.05) is 5.75 Å². The molecule has 0 aliphatic carbocycles. The van der Waals surface area contributed by atoms with Crippen molar-refractivity contribution in [1.82, 2.24) is 0 Å². The lowest BCUT2D eigenvalue weighted by atomic mass is 10.1. The average Bonchev–Trinajstić information content (AvgIpc) is 2.61. The van der Waals surface area contributed by atoms with E-state index in [9.17, 15) is 4.79 Å². The van der Waals surface area contributed by atoms with E-state index in [1.807, 2.05) is 38.1 Å². The van der Waals surface area contributed by atoms with Crippen molar-refractivity contribution in [2.45, 2.75) is 78.2 Å². The normalized spacial score (nSPS) is 12.2. The summed E-state index contributed by atoms with van der Waals surface area (Å²) >= 11 is 1.69. The summed E-state index contributed by atoms with van der Waals surface area (Å²) in [5, 5.41) is 0. The number of carbonyl (C=O) groups is 1. The van der Waals surface area contributed by atoms with Gasteiger partial charge in [-0.15, -0.1) is 11.8 Å². The molecule has 28 heavy (non-hydrogen) atoms. The Bertz CT molecular complexity index is 707. The monoisotopic (exact) mass is 400 g/mol. The number of hydrogen-bond acceptors (Lipinski definition) is 3.